The molecule has 0 radical (unpaired) electrons. The van der Waals surface area contributed by atoms with Crippen molar-refractivity contribution < 1.29 is 4.74 Å². The third-order valence-electron chi connectivity index (χ3n) is 5.14. The predicted octanol–water partition coefficient (Wildman–Crippen LogP) is 1.57. The molecule has 1 saturated heterocycles. The van der Waals surface area contributed by atoms with Crippen LogP contribution in [0.5, 0.6) is 5.75 Å². The van der Waals surface area contributed by atoms with Crippen LogP contribution < -0.4 is 10.5 Å². The Kier molecular flexibility index (Phi) is 4.20. The second-order valence-electron chi connectivity index (χ2n) is 6.43. The number of ether oxygens (including phenoxy) is 1. The van der Waals surface area contributed by atoms with E-state index in [2.05, 4.69) is 42.0 Å². The lowest BCUT2D eigenvalue weighted by Crippen LogP contribution is -2.57. The lowest BCUT2D eigenvalue weighted by Gasteiger charge is -2.47. The molecule has 0 bridgehead atoms. The second-order valence-corrected chi connectivity index (χ2v) is 6.43. The van der Waals surface area contributed by atoms with Gasteiger partial charge in [-0.1, -0.05) is 18.2 Å². The van der Waals surface area contributed by atoms with Crippen LogP contribution in [0.2, 0.25) is 0 Å². The summed E-state index contributed by atoms with van der Waals surface area (Å²) in [6.07, 6.45) is 2.15. The summed E-state index contributed by atoms with van der Waals surface area (Å²) in [6, 6.07) is 6.50. The average molecular weight is 289 g/mol. The molecule has 0 amide bonds. The largest absolute Gasteiger partial charge is 0.493 e. The van der Waals surface area contributed by atoms with Crippen molar-refractivity contribution in [3.8, 4) is 5.75 Å². The number of piperazine rings is 1. The smallest absolute Gasteiger partial charge is 0.127 e. The molecule has 1 unspecified atom stereocenters. The van der Waals surface area contributed by atoms with E-state index in [1.807, 2.05) is 0 Å². The van der Waals surface area contributed by atoms with Crippen LogP contribution >= 0.6 is 0 Å². The van der Waals surface area contributed by atoms with E-state index < -0.39 is 0 Å². The molecule has 2 aliphatic rings. The van der Waals surface area contributed by atoms with Crippen molar-refractivity contribution in [3.63, 3.8) is 0 Å². The van der Waals surface area contributed by atoms with Crippen LogP contribution in [0.4, 0.5) is 0 Å². The van der Waals surface area contributed by atoms with Crippen LogP contribution in [0.15, 0.2) is 18.2 Å². The number of likely N-dealkylation sites (N-methyl/N-ethyl adjacent to an activating group) is 1. The van der Waals surface area contributed by atoms with E-state index in [0.717, 1.165) is 51.4 Å². The first kappa shape index (κ1) is 14.8. The normalized spacial score (nSPS) is 27.8. The first-order valence-corrected chi connectivity index (χ1v) is 8.04. The predicted molar refractivity (Wildman–Crippen MR) is 85.7 cm³/mol. The van der Waals surface area contributed by atoms with Crippen molar-refractivity contribution in [1.29, 1.82) is 0 Å². The maximum atomic E-state index is 6.33. The Morgan fingerprint density at radius 2 is 2.00 bits per heavy atom. The van der Waals surface area contributed by atoms with Crippen molar-refractivity contribution >= 4 is 0 Å². The fourth-order valence-corrected chi connectivity index (χ4v) is 3.79. The van der Waals surface area contributed by atoms with E-state index in [1.165, 1.54) is 11.1 Å². The SMILES string of the molecule is Cc1cccc2c1OCCCC2(CN)N1CCN(C)CC1. The Morgan fingerprint density at radius 3 is 2.71 bits per heavy atom. The topological polar surface area (TPSA) is 41.7 Å². The van der Waals surface area contributed by atoms with Crippen LogP contribution in [0.25, 0.3) is 0 Å². The number of hydrogen-bond donors (Lipinski definition) is 1. The number of benzene rings is 1. The van der Waals surface area contributed by atoms with E-state index >= 15 is 0 Å². The molecule has 2 aliphatic heterocycles. The molecule has 21 heavy (non-hydrogen) atoms. The Hall–Kier alpha value is -1.10. The number of hydrogen-bond acceptors (Lipinski definition) is 4. The van der Waals surface area contributed by atoms with Gasteiger partial charge in [0.25, 0.3) is 0 Å². The molecule has 2 heterocycles. The molecule has 116 valence electrons. The molecule has 0 saturated carbocycles. The average Bonchev–Trinajstić information content (AvgIpc) is 2.69. The number of para-hydroxylation sites is 1. The first-order chi connectivity index (χ1) is 10.2. The molecule has 2 N–H and O–H groups in total. The lowest BCUT2D eigenvalue weighted by molar-refractivity contribution is 0.0361. The maximum Gasteiger partial charge on any atom is 0.127 e. The molecule has 4 heteroatoms. The van der Waals surface area contributed by atoms with Gasteiger partial charge in [-0.15, -0.1) is 0 Å². The van der Waals surface area contributed by atoms with Crippen molar-refractivity contribution in [3.05, 3.63) is 29.3 Å². The minimum atomic E-state index is -0.0564. The summed E-state index contributed by atoms with van der Waals surface area (Å²) in [5.41, 5.74) is 8.79. The Balaban J connectivity index is 2.03. The zero-order valence-corrected chi connectivity index (χ0v) is 13.3. The minimum Gasteiger partial charge on any atom is -0.493 e. The number of aryl methyl sites for hydroxylation is 1. The van der Waals surface area contributed by atoms with Gasteiger partial charge in [0, 0.05) is 38.3 Å². The fourth-order valence-electron chi connectivity index (χ4n) is 3.79. The highest BCUT2D eigenvalue weighted by Gasteiger charge is 2.41. The quantitative estimate of drug-likeness (QED) is 0.897. The highest BCUT2D eigenvalue weighted by molar-refractivity contribution is 5.46. The zero-order valence-electron chi connectivity index (χ0n) is 13.3. The third-order valence-corrected chi connectivity index (χ3v) is 5.14. The Bertz CT molecular complexity index is 497. The molecule has 1 atom stereocenters. The minimum absolute atomic E-state index is 0.0564. The van der Waals surface area contributed by atoms with Crippen LogP contribution in [0.3, 0.4) is 0 Å². The van der Waals surface area contributed by atoms with Gasteiger partial charge in [-0.2, -0.15) is 0 Å². The van der Waals surface area contributed by atoms with Crippen molar-refractivity contribution in [1.82, 2.24) is 9.80 Å². The highest BCUT2D eigenvalue weighted by atomic mass is 16.5. The van der Waals surface area contributed by atoms with Crippen LogP contribution in [-0.4, -0.2) is 56.2 Å². The first-order valence-electron chi connectivity index (χ1n) is 8.04. The Labute approximate surface area is 127 Å². The van der Waals surface area contributed by atoms with Crippen molar-refractivity contribution in [2.45, 2.75) is 25.3 Å². The lowest BCUT2D eigenvalue weighted by atomic mass is 9.82. The molecular weight excluding hydrogens is 262 g/mol. The highest BCUT2D eigenvalue weighted by Crippen LogP contribution is 2.42. The maximum absolute atomic E-state index is 6.33. The summed E-state index contributed by atoms with van der Waals surface area (Å²) in [4.78, 5) is 4.99. The molecule has 4 nitrogen and oxygen atoms in total. The molecule has 1 aromatic carbocycles. The van der Waals surface area contributed by atoms with E-state index in [-0.39, 0.29) is 5.54 Å². The van der Waals surface area contributed by atoms with Gasteiger partial charge in [-0.25, -0.2) is 0 Å². The summed E-state index contributed by atoms with van der Waals surface area (Å²) in [5, 5.41) is 0. The van der Waals surface area contributed by atoms with Gasteiger partial charge in [0.2, 0.25) is 0 Å². The number of nitrogens with two attached hydrogens (primary N) is 1. The molecule has 1 aromatic rings. The zero-order chi connectivity index (χ0) is 14.9. The molecule has 0 aliphatic carbocycles. The van der Waals surface area contributed by atoms with E-state index in [9.17, 15) is 0 Å². The number of nitrogens with zero attached hydrogens (tertiary/aromatic N) is 2. The van der Waals surface area contributed by atoms with E-state index in [1.54, 1.807) is 0 Å². The fraction of sp³-hybridized carbons (Fsp3) is 0.647. The van der Waals surface area contributed by atoms with E-state index in [0.29, 0.717) is 6.54 Å². The molecular formula is C17H27N3O. The monoisotopic (exact) mass is 289 g/mol. The van der Waals surface area contributed by atoms with Gasteiger partial charge in [-0.05, 0) is 32.4 Å². The van der Waals surface area contributed by atoms with Gasteiger partial charge in [-0.3, -0.25) is 4.90 Å². The molecule has 3 rings (SSSR count). The summed E-state index contributed by atoms with van der Waals surface area (Å²) in [5.74, 6) is 1.07. The van der Waals surface area contributed by atoms with Gasteiger partial charge in [0.1, 0.15) is 5.75 Å². The summed E-state index contributed by atoms with van der Waals surface area (Å²) < 4.78 is 6.06. The van der Waals surface area contributed by atoms with Gasteiger partial charge >= 0.3 is 0 Å². The van der Waals surface area contributed by atoms with Crippen molar-refractivity contribution in [2.24, 2.45) is 5.73 Å². The second kappa shape index (κ2) is 5.95. The summed E-state index contributed by atoms with van der Waals surface area (Å²) in [7, 11) is 2.20. The summed E-state index contributed by atoms with van der Waals surface area (Å²) in [6.45, 7) is 8.00. The van der Waals surface area contributed by atoms with Crippen molar-refractivity contribution in [2.75, 3.05) is 46.4 Å². The molecule has 1 fully saturated rings. The molecule has 0 aromatic heterocycles. The van der Waals surface area contributed by atoms with Gasteiger partial charge in [0.05, 0.1) is 12.1 Å². The number of fused-ring (bicyclic) bond motifs is 1. The van der Waals surface area contributed by atoms with Gasteiger partial charge in [0.15, 0.2) is 0 Å². The Morgan fingerprint density at radius 1 is 1.24 bits per heavy atom. The van der Waals surface area contributed by atoms with Gasteiger partial charge < -0.3 is 15.4 Å². The van der Waals surface area contributed by atoms with Crippen LogP contribution in [-0.2, 0) is 5.54 Å². The summed E-state index contributed by atoms with van der Waals surface area (Å²) >= 11 is 0. The number of rotatable bonds is 2. The molecule has 0 spiro atoms. The third kappa shape index (κ3) is 2.56. The van der Waals surface area contributed by atoms with Crippen LogP contribution in [0.1, 0.15) is 24.0 Å². The van der Waals surface area contributed by atoms with E-state index in [4.69, 9.17) is 10.5 Å². The van der Waals surface area contributed by atoms with Crippen LogP contribution in [0, 0.1) is 6.92 Å². The standard InChI is InChI=1S/C17H27N3O/c1-14-5-3-6-15-16(14)21-12-4-7-17(15,13-18)20-10-8-19(2)9-11-20/h3,5-6H,4,7-13,18H2,1-2H3.